The lowest BCUT2D eigenvalue weighted by atomic mass is 9.78. The van der Waals surface area contributed by atoms with E-state index >= 15 is 0 Å². The number of thioether (sulfide) groups is 1. The van der Waals surface area contributed by atoms with E-state index in [-0.39, 0.29) is 0 Å². The van der Waals surface area contributed by atoms with Crippen LogP contribution in [0.15, 0.2) is 4.90 Å². The highest BCUT2D eigenvalue weighted by atomic mass is 32.2. The van der Waals surface area contributed by atoms with Gasteiger partial charge in [-0.25, -0.2) is 17.2 Å². The van der Waals surface area contributed by atoms with Crippen molar-refractivity contribution in [2.45, 2.75) is 34.5 Å². The van der Waals surface area contributed by atoms with Crippen LogP contribution in [0, 0.1) is 35.1 Å². The van der Waals surface area contributed by atoms with E-state index in [0.29, 0.717) is 0 Å². The van der Waals surface area contributed by atoms with Crippen LogP contribution < -0.4 is 4.74 Å². The van der Waals surface area contributed by atoms with Crippen molar-refractivity contribution in [2.24, 2.45) is 11.8 Å². The Morgan fingerprint density at radius 1 is 1.06 bits per heavy atom. The average molecular weight is 485 g/mol. The molecule has 3 fully saturated rings. The lowest BCUT2D eigenvalue weighted by Gasteiger charge is -2.28. The van der Waals surface area contributed by atoms with E-state index in [9.17, 15) is 44.9 Å². The summed E-state index contributed by atoms with van der Waals surface area (Å²) in [5.74, 6) is -17.6. The van der Waals surface area contributed by atoms with Gasteiger partial charge in [-0.05, 0) is 0 Å². The molecule has 0 N–H and O–H groups in total. The van der Waals surface area contributed by atoms with E-state index in [4.69, 9.17) is 9.47 Å². The van der Waals surface area contributed by atoms with E-state index in [1.54, 1.807) is 0 Å². The zero-order chi connectivity index (χ0) is 23.0. The van der Waals surface area contributed by atoms with Crippen LogP contribution in [0.4, 0.5) is 17.6 Å². The van der Waals surface area contributed by atoms with E-state index in [0.717, 1.165) is 18.7 Å². The summed E-state index contributed by atoms with van der Waals surface area (Å²) in [5.41, 5.74) is 0. The van der Waals surface area contributed by atoms with Crippen molar-refractivity contribution in [1.82, 2.24) is 0 Å². The fourth-order valence-electron chi connectivity index (χ4n) is 4.00. The second kappa shape index (κ2) is 7.06. The Balaban J connectivity index is 1.69. The lowest BCUT2D eigenvalue weighted by Crippen LogP contribution is -2.48. The molecule has 0 amide bonds. The maximum absolute atomic E-state index is 14.2. The van der Waals surface area contributed by atoms with Crippen molar-refractivity contribution in [3.8, 4) is 5.75 Å². The zero-order valence-electron chi connectivity index (χ0n) is 15.0. The first-order valence-electron chi connectivity index (χ1n) is 8.41. The first-order valence-corrected chi connectivity index (χ1v) is 10.8. The third kappa shape index (κ3) is 3.17. The third-order valence-electron chi connectivity index (χ3n) is 5.11. The summed E-state index contributed by atoms with van der Waals surface area (Å²) in [4.78, 5) is 33.7. The maximum Gasteiger partial charge on any atom is 0.316 e. The monoisotopic (exact) mass is 485 g/mol. The van der Waals surface area contributed by atoms with Gasteiger partial charge in [0.15, 0.2) is 23.8 Å². The lowest BCUT2D eigenvalue weighted by molar-refractivity contribution is -0.158. The quantitative estimate of drug-likeness (QED) is 0.196. The molecule has 0 saturated carbocycles. The van der Waals surface area contributed by atoms with Crippen LogP contribution in [0.1, 0.15) is 6.92 Å². The molecule has 3 aliphatic rings. The van der Waals surface area contributed by atoms with Gasteiger partial charge in [-0.2, -0.15) is 8.78 Å². The number of halogens is 4. The molecule has 0 aromatic heterocycles. The van der Waals surface area contributed by atoms with Gasteiger partial charge in [-0.15, -0.1) is 11.8 Å². The number of hydrogen-bond donors (Lipinski definition) is 0. The number of ether oxygens (including phenoxy) is 3. The normalized spacial score (nSPS) is 31.0. The molecule has 0 aliphatic carbocycles. The van der Waals surface area contributed by atoms with Crippen LogP contribution in [0.25, 0.3) is 0 Å². The fraction of sp³-hybridized carbons (Fsp3) is 0.438. The van der Waals surface area contributed by atoms with Crippen molar-refractivity contribution in [3.63, 3.8) is 0 Å². The Bertz CT molecular complexity index is 1110. The Morgan fingerprint density at radius 3 is 2.16 bits per heavy atom. The molecule has 31 heavy (non-hydrogen) atoms. The Kier molecular flexibility index (Phi) is 4.97. The largest absolute Gasteiger partial charge is 0.744 e. The highest BCUT2D eigenvalue weighted by Crippen LogP contribution is 2.59. The topological polar surface area (TPSA) is 136 Å². The number of carbonyl (C=O) groups is 3. The zero-order valence-corrected chi connectivity index (χ0v) is 16.6. The minimum absolute atomic E-state index is 0.629. The van der Waals surface area contributed by atoms with Crippen LogP contribution >= 0.6 is 11.8 Å². The second-order valence-corrected chi connectivity index (χ2v) is 9.56. The molecule has 0 spiro atoms. The van der Waals surface area contributed by atoms with Crippen molar-refractivity contribution in [3.05, 3.63) is 23.3 Å². The van der Waals surface area contributed by atoms with Gasteiger partial charge < -0.3 is 18.8 Å². The van der Waals surface area contributed by atoms with Gasteiger partial charge in [-0.1, -0.05) is 0 Å². The van der Waals surface area contributed by atoms with Crippen LogP contribution in [0.5, 0.6) is 5.75 Å². The minimum Gasteiger partial charge on any atom is -0.744 e. The highest BCUT2D eigenvalue weighted by molar-refractivity contribution is 8.01. The first-order chi connectivity index (χ1) is 14.3. The van der Waals surface area contributed by atoms with Gasteiger partial charge in [0.25, 0.3) is 0 Å². The minimum atomic E-state index is -5.94. The molecule has 4 rings (SSSR count). The van der Waals surface area contributed by atoms with E-state index in [1.165, 1.54) is 0 Å². The number of esters is 3. The molecule has 3 aliphatic heterocycles. The summed E-state index contributed by atoms with van der Waals surface area (Å²) in [6.07, 6.45) is -1.91. The van der Waals surface area contributed by atoms with Crippen LogP contribution in [-0.4, -0.2) is 53.6 Å². The van der Waals surface area contributed by atoms with Crippen molar-refractivity contribution in [2.75, 3.05) is 0 Å². The molecule has 15 heteroatoms. The first kappa shape index (κ1) is 21.8. The maximum atomic E-state index is 14.2. The molecule has 0 radical (unpaired) electrons. The Hall–Kier alpha value is -2.39. The van der Waals surface area contributed by atoms with Crippen LogP contribution in [0.2, 0.25) is 0 Å². The van der Waals surface area contributed by atoms with E-state index < -0.39 is 96.5 Å². The summed E-state index contributed by atoms with van der Waals surface area (Å²) in [5, 5.41) is -1.54. The Morgan fingerprint density at radius 2 is 1.65 bits per heavy atom. The second-order valence-electron chi connectivity index (χ2n) is 6.88. The standard InChI is InChI=1S/C16H10F4O9S2/c1-2(21)27-10-11-13-4(16(23)29-11)3(12(10)30-13)15(22)28-9-5(17)7(19)14(31(24,25)26)8(20)6(9)18/h3-4,10-13H,1H3,(H,24,25,26)/p-1. The SMILES string of the molecule is CC(=O)OC1C2OC(=O)C3C2SC1C3C(=O)Oc1c(F)c(F)c(S(=O)(=O)[O-])c(F)c1F. The smallest absolute Gasteiger partial charge is 0.316 e. The molecule has 2 bridgehead atoms. The van der Waals surface area contributed by atoms with E-state index in [1.807, 2.05) is 0 Å². The Labute approximate surface area is 174 Å². The molecular weight excluding hydrogens is 476 g/mol. The number of benzene rings is 1. The fourth-order valence-corrected chi connectivity index (χ4v) is 6.61. The summed E-state index contributed by atoms with van der Waals surface area (Å²) in [7, 11) is -5.94. The summed E-state index contributed by atoms with van der Waals surface area (Å²) in [6, 6.07) is 0. The summed E-state index contributed by atoms with van der Waals surface area (Å²) < 4.78 is 103. The van der Waals surface area contributed by atoms with Gasteiger partial charge in [0.2, 0.25) is 17.4 Å². The van der Waals surface area contributed by atoms with Crippen molar-refractivity contribution < 1.29 is 59.1 Å². The third-order valence-corrected chi connectivity index (χ3v) is 7.72. The summed E-state index contributed by atoms with van der Waals surface area (Å²) in [6.45, 7) is 1.07. The molecule has 9 nitrogen and oxygen atoms in total. The number of carbonyl (C=O) groups excluding carboxylic acids is 3. The van der Waals surface area contributed by atoms with Crippen molar-refractivity contribution >= 4 is 39.8 Å². The van der Waals surface area contributed by atoms with Crippen LogP contribution in [-0.2, 0) is 34.0 Å². The van der Waals surface area contributed by atoms with Gasteiger partial charge in [-0.3, -0.25) is 14.4 Å². The number of hydrogen-bond acceptors (Lipinski definition) is 10. The predicted molar refractivity (Wildman–Crippen MR) is 87.5 cm³/mol. The molecule has 6 atom stereocenters. The molecule has 6 unspecified atom stereocenters. The predicted octanol–water partition coefficient (Wildman–Crippen LogP) is 0.640. The molecule has 1 aromatic carbocycles. The van der Waals surface area contributed by atoms with E-state index in [2.05, 4.69) is 4.74 Å². The van der Waals surface area contributed by atoms with Gasteiger partial charge in [0.05, 0.1) is 22.3 Å². The van der Waals surface area contributed by atoms with Gasteiger partial charge in [0.1, 0.15) is 15.0 Å². The van der Waals surface area contributed by atoms with Gasteiger partial charge in [0, 0.05) is 6.92 Å². The molecule has 3 saturated heterocycles. The molecular formula is C16H9F4O9S2-. The molecule has 3 heterocycles. The molecule has 168 valence electrons. The number of fused-ring (bicyclic) bond motifs is 1. The number of rotatable bonds is 4. The van der Waals surface area contributed by atoms with Gasteiger partial charge >= 0.3 is 17.9 Å². The summed E-state index contributed by atoms with van der Waals surface area (Å²) >= 11 is 1.05. The highest BCUT2D eigenvalue weighted by Gasteiger charge is 2.71. The van der Waals surface area contributed by atoms with Crippen molar-refractivity contribution in [1.29, 1.82) is 0 Å². The molecule has 1 aromatic rings. The van der Waals surface area contributed by atoms with Crippen LogP contribution in [0.3, 0.4) is 0 Å². The average Bonchev–Trinajstić information content (AvgIpc) is 3.26.